The molecule has 5 nitrogen and oxygen atoms in total. The maximum Gasteiger partial charge on any atom is 0.182 e. The molecule has 1 aromatic carbocycles. The fourth-order valence-electron chi connectivity index (χ4n) is 2.47. The van der Waals surface area contributed by atoms with Gasteiger partial charge in [0.25, 0.3) is 0 Å². The first-order valence-electron chi connectivity index (χ1n) is 7.02. The minimum Gasteiger partial charge on any atom is -0.396 e. The second-order valence-corrected chi connectivity index (χ2v) is 5.42. The van der Waals surface area contributed by atoms with Gasteiger partial charge in [-0.1, -0.05) is 19.8 Å². The molecule has 1 atom stereocenters. The van der Waals surface area contributed by atoms with E-state index in [1.54, 1.807) is 12.1 Å². The number of nitrogens with two attached hydrogens (primary N) is 1. The number of benzene rings is 1. The summed E-state index contributed by atoms with van der Waals surface area (Å²) in [6.07, 6.45) is 4.65. The van der Waals surface area contributed by atoms with Crippen LogP contribution in [0.25, 0.3) is 11.4 Å². The number of hydrogen-bond acceptors (Lipinski definition) is 4. The molecule has 0 aliphatic heterocycles. The molecule has 1 heterocycles. The molecule has 2 aromatic rings. The number of nitrogen functional groups attached to an aromatic ring is 1. The third-order valence-electron chi connectivity index (χ3n) is 3.87. The second kappa shape index (κ2) is 5.19. The van der Waals surface area contributed by atoms with Crippen LogP contribution in [0.15, 0.2) is 18.2 Å². The number of tetrazole rings is 1. The Labute approximate surface area is 117 Å². The van der Waals surface area contributed by atoms with Gasteiger partial charge in [0.1, 0.15) is 5.82 Å². The van der Waals surface area contributed by atoms with Crippen molar-refractivity contribution in [2.75, 3.05) is 5.73 Å². The van der Waals surface area contributed by atoms with Gasteiger partial charge >= 0.3 is 0 Å². The van der Waals surface area contributed by atoms with Crippen molar-refractivity contribution in [2.45, 2.75) is 38.6 Å². The number of nitrogens with zero attached hydrogens (tertiary/aromatic N) is 4. The SMILES string of the molecule is CCC(CC1CC1)n1nnnc1-c1ccc(N)c(F)c1. The molecular formula is C14H18FN5. The van der Waals surface area contributed by atoms with Crippen molar-refractivity contribution in [2.24, 2.45) is 5.92 Å². The van der Waals surface area contributed by atoms with Gasteiger partial charge in [0, 0.05) is 5.56 Å². The minimum atomic E-state index is -0.438. The first-order valence-corrected chi connectivity index (χ1v) is 7.02. The predicted molar refractivity (Wildman–Crippen MR) is 74.3 cm³/mol. The molecule has 1 saturated carbocycles. The van der Waals surface area contributed by atoms with Crippen LogP contribution < -0.4 is 5.73 Å². The summed E-state index contributed by atoms with van der Waals surface area (Å²) in [5, 5.41) is 11.9. The third-order valence-corrected chi connectivity index (χ3v) is 3.87. The van der Waals surface area contributed by atoms with E-state index in [0.717, 1.165) is 18.8 Å². The Morgan fingerprint density at radius 2 is 2.25 bits per heavy atom. The van der Waals surface area contributed by atoms with Crippen molar-refractivity contribution in [3.63, 3.8) is 0 Å². The highest BCUT2D eigenvalue weighted by atomic mass is 19.1. The molecule has 1 aliphatic rings. The van der Waals surface area contributed by atoms with Crippen molar-refractivity contribution < 1.29 is 4.39 Å². The Bertz CT molecular complexity index is 605. The minimum absolute atomic E-state index is 0.137. The zero-order valence-corrected chi connectivity index (χ0v) is 11.5. The zero-order valence-electron chi connectivity index (χ0n) is 11.5. The lowest BCUT2D eigenvalue weighted by Gasteiger charge is -2.16. The van der Waals surface area contributed by atoms with Gasteiger partial charge in [-0.3, -0.25) is 0 Å². The van der Waals surface area contributed by atoms with Gasteiger partial charge in [-0.05, 0) is 47.4 Å². The largest absolute Gasteiger partial charge is 0.396 e. The molecule has 1 unspecified atom stereocenters. The smallest absolute Gasteiger partial charge is 0.182 e. The number of aromatic nitrogens is 4. The molecule has 1 aromatic heterocycles. The molecule has 0 saturated heterocycles. The molecule has 3 rings (SSSR count). The molecule has 20 heavy (non-hydrogen) atoms. The molecule has 0 radical (unpaired) electrons. The van der Waals surface area contributed by atoms with Crippen LogP contribution in [-0.4, -0.2) is 20.2 Å². The van der Waals surface area contributed by atoms with E-state index in [2.05, 4.69) is 22.4 Å². The summed E-state index contributed by atoms with van der Waals surface area (Å²) >= 11 is 0. The van der Waals surface area contributed by atoms with E-state index < -0.39 is 5.82 Å². The van der Waals surface area contributed by atoms with Crippen molar-refractivity contribution >= 4 is 5.69 Å². The van der Waals surface area contributed by atoms with E-state index in [9.17, 15) is 4.39 Å². The van der Waals surface area contributed by atoms with Gasteiger partial charge in [-0.2, -0.15) is 0 Å². The molecule has 0 spiro atoms. The number of hydrogen-bond donors (Lipinski definition) is 1. The summed E-state index contributed by atoms with van der Waals surface area (Å²) < 4.78 is 15.4. The second-order valence-electron chi connectivity index (χ2n) is 5.42. The molecule has 2 N–H and O–H groups in total. The van der Waals surface area contributed by atoms with Crippen LogP contribution in [-0.2, 0) is 0 Å². The molecule has 1 aliphatic carbocycles. The first kappa shape index (κ1) is 13.0. The lowest BCUT2D eigenvalue weighted by molar-refractivity contribution is 0.388. The van der Waals surface area contributed by atoms with Crippen LogP contribution in [0.1, 0.15) is 38.6 Å². The van der Waals surface area contributed by atoms with Gasteiger partial charge in [-0.25, -0.2) is 9.07 Å². The van der Waals surface area contributed by atoms with Crippen LogP contribution in [0.3, 0.4) is 0 Å². The first-order chi connectivity index (χ1) is 9.69. The van der Waals surface area contributed by atoms with E-state index >= 15 is 0 Å². The molecule has 0 amide bonds. The number of halogens is 1. The maximum absolute atomic E-state index is 13.6. The average molecular weight is 275 g/mol. The van der Waals surface area contributed by atoms with Gasteiger partial charge in [0.15, 0.2) is 5.82 Å². The summed E-state index contributed by atoms with van der Waals surface area (Å²) in [6.45, 7) is 2.13. The lowest BCUT2D eigenvalue weighted by Crippen LogP contribution is -2.12. The van der Waals surface area contributed by atoms with Gasteiger partial charge < -0.3 is 5.73 Å². The fourth-order valence-corrected chi connectivity index (χ4v) is 2.47. The topological polar surface area (TPSA) is 69.6 Å². The Kier molecular flexibility index (Phi) is 3.38. The lowest BCUT2D eigenvalue weighted by atomic mass is 10.1. The predicted octanol–water partition coefficient (Wildman–Crippen LogP) is 2.81. The fraction of sp³-hybridized carbons (Fsp3) is 0.500. The molecular weight excluding hydrogens is 257 g/mol. The van der Waals surface area contributed by atoms with E-state index in [-0.39, 0.29) is 11.7 Å². The summed E-state index contributed by atoms with van der Waals surface area (Å²) in [7, 11) is 0. The summed E-state index contributed by atoms with van der Waals surface area (Å²) in [6, 6.07) is 4.96. The van der Waals surface area contributed by atoms with E-state index in [1.165, 1.54) is 18.9 Å². The zero-order chi connectivity index (χ0) is 14.1. The van der Waals surface area contributed by atoms with Gasteiger partial charge in [0.2, 0.25) is 0 Å². The van der Waals surface area contributed by atoms with Gasteiger partial charge in [0.05, 0.1) is 11.7 Å². The summed E-state index contributed by atoms with van der Waals surface area (Å²) in [5.41, 5.74) is 6.31. The monoisotopic (exact) mass is 275 g/mol. The molecule has 1 fully saturated rings. The number of anilines is 1. The van der Waals surface area contributed by atoms with Crippen LogP contribution in [0.5, 0.6) is 0 Å². The van der Waals surface area contributed by atoms with Crippen LogP contribution >= 0.6 is 0 Å². The molecule has 106 valence electrons. The van der Waals surface area contributed by atoms with Crippen molar-refractivity contribution in [3.8, 4) is 11.4 Å². The van der Waals surface area contributed by atoms with E-state index in [0.29, 0.717) is 11.4 Å². The summed E-state index contributed by atoms with van der Waals surface area (Å²) in [4.78, 5) is 0. The average Bonchev–Trinajstić information content (AvgIpc) is 3.14. The Hall–Kier alpha value is -1.98. The Balaban J connectivity index is 1.93. The van der Waals surface area contributed by atoms with Crippen LogP contribution in [0.2, 0.25) is 0 Å². The molecule has 0 bridgehead atoms. The Morgan fingerprint density at radius 3 is 2.90 bits per heavy atom. The standard InChI is InChI=1S/C14H18FN5/c1-2-11(7-9-3-4-9)20-14(17-18-19-20)10-5-6-13(16)12(15)8-10/h5-6,8-9,11H,2-4,7,16H2,1H3. The molecule has 6 heteroatoms. The Morgan fingerprint density at radius 1 is 1.45 bits per heavy atom. The number of rotatable bonds is 5. The van der Waals surface area contributed by atoms with E-state index in [4.69, 9.17) is 5.73 Å². The van der Waals surface area contributed by atoms with Crippen LogP contribution in [0, 0.1) is 11.7 Å². The van der Waals surface area contributed by atoms with Crippen molar-refractivity contribution in [3.05, 3.63) is 24.0 Å². The highest BCUT2D eigenvalue weighted by Crippen LogP contribution is 2.38. The van der Waals surface area contributed by atoms with Crippen molar-refractivity contribution in [1.29, 1.82) is 0 Å². The van der Waals surface area contributed by atoms with Crippen molar-refractivity contribution in [1.82, 2.24) is 20.2 Å². The van der Waals surface area contributed by atoms with Gasteiger partial charge in [-0.15, -0.1) is 5.10 Å². The normalized spacial score (nSPS) is 16.3. The quantitative estimate of drug-likeness (QED) is 0.852. The van der Waals surface area contributed by atoms with Crippen LogP contribution in [0.4, 0.5) is 10.1 Å². The highest BCUT2D eigenvalue weighted by molar-refractivity contribution is 5.59. The maximum atomic E-state index is 13.6. The highest BCUT2D eigenvalue weighted by Gasteiger charge is 2.27. The third kappa shape index (κ3) is 2.50. The summed E-state index contributed by atoms with van der Waals surface area (Å²) in [5.74, 6) is 0.962. The van der Waals surface area contributed by atoms with E-state index in [1.807, 2.05) is 4.68 Å².